The molecule has 0 spiro atoms. The van der Waals surface area contributed by atoms with Crippen LogP contribution < -0.4 is 16.4 Å². The van der Waals surface area contributed by atoms with Gasteiger partial charge >= 0.3 is 0 Å². The number of carbonyl (C=O) groups excluding carboxylic acids is 2. The Morgan fingerprint density at radius 3 is 2.72 bits per heavy atom. The Morgan fingerprint density at radius 1 is 1.38 bits per heavy atom. The number of benzene rings is 1. The lowest BCUT2D eigenvalue weighted by atomic mass is 10.0. The molecular weight excluding hydrogens is 411 g/mol. The molecule has 8 nitrogen and oxygen atoms in total. The first-order valence-electron chi connectivity index (χ1n) is 10.2. The molecule has 0 saturated carbocycles. The summed E-state index contributed by atoms with van der Waals surface area (Å²) in [4.78, 5) is 28.5. The Balaban J connectivity index is 0.000000336. The number of pyridine rings is 1. The molecule has 170 valence electrons. The Labute approximate surface area is 187 Å². The second-order valence-corrected chi connectivity index (χ2v) is 7.50. The highest BCUT2D eigenvalue weighted by Gasteiger charge is 2.14. The number of rotatable bonds is 6. The maximum absolute atomic E-state index is 13.7. The van der Waals surface area contributed by atoms with E-state index in [1.54, 1.807) is 0 Å². The summed E-state index contributed by atoms with van der Waals surface area (Å²) in [6, 6.07) is 6.04. The lowest BCUT2D eigenvalue weighted by Crippen LogP contribution is -2.42. The number of anilines is 2. The van der Waals surface area contributed by atoms with Crippen LogP contribution in [0.2, 0.25) is 0 Å². The maximum Gasteiger partial charge on any atom is 0.247 e. The highest BCUT2D eigenvalue weighted by molar-refractivity contribution is 6.36. The monoisotopic (exact) mass is 440 g/mol. The number of halogens is 1. The number of piperidine rings is 1. The lowest BCUT2D eigenvalue weighted by molar-refractivity contribution is -0.111. The summed E-state index contributed by atoms with van der Waals surface area (Å²) >= 11 is 0. The molecule has 1 aromatic heterocycles. The topological polar surface area (TPSA) is 124 Å². The predicted molar refractivity (Wildman–Crippen MR) is 125 cm³/mol. The standard InChI is InChI=1S/C16H13FN4O2.C7H16N2/c1-2-16(23)21-11-4-9(3-10(17)5-11)15-6-12(14(19)8-22)13(18)7-20-15;1-8-7-4-3-5-9(2)6-7/h2-8,19H,1,18H2,(H,21,23);7-8H,3-6H2,1-2H3. The molecule has 1 atom stereocenters. The fourth-order valence-electron chi connectivity index (χ4n) is 3.33. The van der Waals surface area contributed by atoms with Gasteiger partial charge in [0.05, 0.1) is 17.6 Å². The molecule has 1 aliphatic rings. The molecule has 0 aliphatic carbocycles. The maximum atomic E-state index is 13.7. The number of nitrogen functional groups attached to an aromatic ring is 1. The van der Waals surface area contributed by atoms with Crippen molar-refractivity contribution in [1.29, 1.82) is 5.41 Å². The van der Waals surface area contributed by atoms with Crippen LogP contribution in [-0.2, 0) is 9.59 Å². The lowest BCUT2D eigenvalue weighted by Gasteiger charge is -2.29. The fourth-order valence-corrected chi connectivity index (χ4v) is 3.33. The summed E-state index contributed by atoms with van der Waals surface area (Å²) in [6.07, 6.45) is 5.41. The summed E-state index contributed by atoms with van der Waals surface area (Å²) in [5, 5.41) is 13.3. The number of carbonyl (C=O) groups is 2. The molecule has 1 unspecified atom stereocenters. The summed E-state index contributed by atoms with van der Waals surface area (Å²) in [5.74, 6) is -1.05. The van der Waals surface area contributed by atoms with Gasteiger partial charge in [-0.3, -0.25) is 20.0 Å². The van der Waals surface area contributed by atoms with Crippen molar-refractivity contribution in [3.05, 3.63) is 54.5 Å². The first-order chi connectivity index (χ1) is 15.3. The van der Waals surface area contributed by atoms with E-state index in [1.807, 2.05) is 7.05 Å². The van der Waals surface area contributed by atoms with Gasteiger partial charge in [-0.05, 0) is 63.8 Å². The van der Waals surface area contributed by atoms with Gasteiger partial charge in [0.1, 0.15) is 11.5 Å². The van der Waals surface area contributed by atoms with Crippen LogP contribution in [0.4, 0.5) is 15.8 Å². The third-order valence-electron chi connectivity index (χ3n) is 5.02. The molecule has 2 heterocycles. The molecule has 1 fully saturated rings. The van der Waals surface area contributed by atoms with Crippen molar-refractivity contribution in [2.45, 2.75) is 18.9 Å². The molecule has 9 heteroatoms. The highest BCUT2D eigenvalue weighted by Crippen LogP contribution is 2.25. The van der Waals surface area contributed by atoms with Crippen LogP contribution in [0.15, 0.2) is 43.1 Å². The minimum Gasteiger partial charge on any atom is -0.397 e. The SMILES string of the molecule is C=CC(=O)Nc1cc(F)cc(-c2cc(C(=N)C=O)c(N)cn2)c1.CNC1CCCN(C)C1. The number of likely N-dealkylation sites (N-methyl/N-ethyl adjacent to an activating group) is 2. The van der Waals surface area contributed by atoms with E-state index in [4.69, 9.17) is 11.1 Å². The van der Waals surface area contributed by atoms with E-state index in [2.05, 4.69) is 34.1 Å². The van der Waals surface area contributed by atoms with Gasteiger partial charge in [-0.1, -0.05) is 6.58 Å². The number of hydrogen-bond donors (Lipinski definition) is 4. The third-order valence-corrected chi connectivity index (χ3v) is 5.02. The van der Waals surface area contributed by atoms with Crippen molar-refractivity contribution in [3.63, 3.8) is 0 Å². The van der Waals surface area contributed by atoms with Gasteiger partial charge in [0.25, 0.3) is 0 Å². The van der Waals surface area contributed by atoms with Gasteiger partial charge in [-0.15, -0.1) is 0 Å². The zero-order valence-corrected chi connectivity index (χ0v) is 18.3. The molecule has 1 aromatic carbocycles. The quantitative estimate of drug-likeness (QED) is 0.311. The molecule has 1 aliphatic heterocycles. The Morgan fingerprint density at radius 2 is 2.12 bits per heavy atom. The largest absolute Gasteiger partial charge is 0.397 e. The molecular formula is C23H29FN6O2. The fraction of sp³-hybridized carbons (Fsp3) is 0.304. The van der Waals surface area contributed by atoms with Gasteiger partial charge in [0.15, 0.2) is 6.29 Å². The Hall–Kier alpha value is -3.43. The molecule has 2 aromatic rings. The summed E-state index contributed by atoms with van der Waals surface area (Å²) < 4.78 is 13.7. The van der Waals surface area contributed by atoms with E-state index in [0.717, 1.165) is 18.2 Å². The molecule has 32 heavy (non-hydrogen) atoms. The summed E-state index contributed by atoms with van der Waals surface area (Å²) in [6.45, 7) is 5.82. The van der Waals surface area contributed by atoms with Crippen molar-refractivity contribution in [2.24, 2.45) is 0 Å². The molecule has 3 rings (SSSR count). The van der Waals surface area contributed by atoms with Crippen LogP contribution in [-0.4, -0.2) is 61.0 Å². The number of nitrogens with zero attached hydrogens (tertiary/aromatic N) is 2. The first-order valence-corrected chi connectivity index (χ1v) is 10.2. The van der Waals surface area contributed by atoms with E-state index in [9.17, 15) is 14.0 Å². The van der Waals surface area contributed by atoms with Gasteiger partial charge in [0, 0.05) is 29.4 Å². The number of hydrogen-bond acceptors (Lipinski definition) is 7. The van der Waals surface area contributed by atoms with E-state index in [1.165, 1.54) is 50.3 Å². The van der Waals surface area contributed by atoms with E-state index < -0.39 is 11.7 Å². The molecule has 1 saturated heterocycles. The smallest absolute Gasteiger partial charge is 0.247 e. The predicted octanol–water partition coefficient (Wildman–Crippen LogP) is 2.46. The van der Waals surface area contributed by atoms with Crippen molar-refractivity contribution >= 4 is 29.3 Å². The normalized spacial score (nSPS) is 15.8. The Bertz CT molecular complexity index is 994. The highest BCUT2D eigenvalue weighted by atomic mass is 19.1. The zero-order chi connectivity index (χ0) is 23.7. The second-order valence-electron chi connectivity index (χ2n) is 7.50. The minimum atomic E-state index is -0.576. The van der Waals surface area contributed by atoms with Gasteiger partial charge in [-0.25, -0.2) is 4.39 Å². The molecule has 0 bridgehead atoms. The van der Waals surface area contributed by atoms with Crippen LogP contribution in [0.1, 0.15) is 18.4 Å². The van der Waals surface area contributed by atoms with Crippen molar-refractivity contribution < 1.29 is 14.0 Å². The first kappa shape index (κ1) is 24.8. The number of aromatic nitrogens is 1. The van der Waals surface area contributed by atoms with E-state index in [-0.39, 0.29) is 22.6 Å². The summed E-state index contributed by atoms with van der Waals surface area (Å²) in [5.41, 5.74) is 6.66. The molecule has 0 radical (unpaired) electrons. The molecule has 1 amide bonds. The second kappa shape index (κ2) is 11.8. The number of nitrogens with two attached hydrogens (primary N) is 1. The van der Waals surface area contributed by atoms with Crippen LogP contribution in [0.5, 0.6) is 0 Å². The van der Waals surface area contributed by atoms with Crippen LogP contribution in [0, 0.1) is 11.2 Å². The zero-order valence-electron chi connectivity index (χ0n) is 18.3. The van der Waals surface area contributed by atoms with Crippen LogP contribution in [0.25, 0.3) is 11.3 Å². The average Bonchev–Trinajstić information content (AvgIpc) is 2.78. The van der Waals surface area contributed by atoms with Crippen molar-refractivity contribution in [3.8, 4) is 11.3 Å². The van der Waals surface area contributed by atoms with Crippen molar-refractivity contribution in [2.75, 3.05) is 38.2 Å². The Kier molecular flexibility index (Phi) is 9.18. The van der Waals surface area contributed by atoms with Gasteiger partial charge in [0.2, 0.25) is 5.91 Å². The number of amides is 1. The van der Waals surface area contributed by atoms with Crippen LogP contribution in [0.3, 0.4) is 0 Å². The number of nitrogens with one attached hydrogen (secondary N) is 3. The summed E-state index contributed by atoms with van der Waals surface area (Å²) in [7, 11) is 4.23. The van der Waals surface area contributed by atoms with Gasteiger partial charge < -0.3 is 21.3 Å². The van der Waals surface area contributed by atoms with E-state index in [0.29, 0.717) is 17.5 Å². The third kappa shape index (κ3) is 7.07. The average molecular weight is 441 g/mol. The van der Waals surface area contributed by atoms with Gasteiger partial charge in [-0.2, -0.15) is 0 Å². The minimum absolute atomic E-state index is 0.169. The van der Waals surface area contributed by atoms with E-state index >= 15 is 0 Å². The molecule has 5 N–H and O–H groups in total. The number of aldehydes is 1. The van der Waals surface area contributed by atoms with Crippen LogP contribution >= 0.6 is 0 Å². The number of likely N-dealkylation sites (tertiary alicyclic amines) is 1. The van der Waals surface area contributed by atoms with Crippen molar-refractivity contribution in [1.82, 2.24) is 15.2 Å².